The number of esters is 1. The molecule has 0 aromatic heterocycles. The molecule has 0 radical (unpaired) electrons. The molecule has 0 amide bonds. The van der Waals surface area contributed by atoms with Crippen molar-refractivity contribution in [3.05, 3.63) is 12.2 Å². The maximum Gasteiger partial charge on any atom is 0.310 e. The third-order valence-corrected chi connectivity index (χ3v) is 6.65. The third kappa shape index (κ3) is 16.3. The van der Waals surface area contributed by atoms with Crippen LogP contribution >= 0.6 is 0 Å². The van der Waals surface area contributed by atoms with E-state index in [0.29, 0.717) is 0 Å². The number of carbonyl (C=O) groups is 2. The summed E-state index contributed by atoms with van der Waals surface area (Å²) in [7, 11) is 0. The minimum absolute atomic E-state index is 0.00905. The lowest BCUT2D eigenvalue weighted by Gasteiger charge is -2.22. The first-order valence-electron chi connectivity index (χ1n) is 13.7. The molecule has 186 valence electrons. The van der Waals surface area contributed by atoms with Gasteiger partial charge in [-0.15, -0.1) is 0 Å². The van der Waals surface area contributed by atoms with Crippen molar-refractivity contribution < 1.29 is 19.4 Å². The standard InChI is InChI=1S/C28H50O4/c1-2-3-4-5-6-7-8-9-10-11-12-13-14-15-16-18-21-25(28(30)31)24-27(29)32-26-22-19-17-20-23-26/h18,21,25-26H,2-17,19-20,22-24H2,1H3,(H,30,31). The lowest BCUT2D eigenvalue weighted by Crippen LogP contribution is -2.24. The van der Waals surface area contributed by atoms with Gasteiger partial charge in [0.2, 0.25) is 0 Å². The predicted octanol–water partition coefficient (Wildman–Crippen LogP) is 8.38. The summed E-state index contributed by atoms with van der Waals surface area (Å²) in [6, 6.07) is 0. The maximum absolute atomic E-state index is 12.1. The van der Waals surface area contributed by atoms with Crippen molar-refractivity contribution in [2.45, 2.75) is 148 Å². The minimum atomic E-state index is -0.942. The Morgan fingerprint density at radius 3 is 1.81 bits per heavy atom. The van der Waals surface area contributed by atoms with Crippen LogP contribution in [0.1, 0.15) is 142 Å². The van der Waals surface area contributed by atoms with E-state index in [0.717, 1.165) is 38.5 Å². The number of allylic oxidation sites excluding steroid dienone is 1. The van der Waals surface area contributed by atoms with Gasteiger partial charge in [0.25, 0.3) is 0 Å². The Morgan fingerprint density at radius 2 is 1.31 bits per heavy atom. The van der Waals surface area contributed by atoms with Crippen molar-refractivity contribution in [2.24, 2.45) is 5.92 Å². The average molecular weight is 451 g/mol. The van der Waals surface area contributed by atoms with Crippen molar-refractivity contribution in [3.8, 4) is 0 Å². The highest BCUT2D eigenvalue weighted by Gasteiger charge is 2.23. The first-order valence-corrected chi connectivity index (χ1v) is 13.7. The first-order chi connectivity index (χ1) is 15.6. The van der Waals surface area contributed by atoms with Crippen LogP contribution in [0.25, 0.3) is 0 Å². The molecule has 0 aromatic rings. The number of unbranched alkanes of at least 4 members (excludes halogenated alkanes) is 14. The van der Waals surface area contributed by atoms with Gasteiger partial charge < -0.3 is 9.84 Å². The number of ether oxygens (including phenoxy) is 1. The highest BCUT2D eigenvalue weighted by molar-refractivity contribution is 5.80. The van der Waals surface area contributed by atoms with E-state index in [9.17, 15) is 14.7 Å². The maximum atomic E-state index is 12.1. The Hall–Kier alpha value is -1.32. The molecule has 1 aliphatic carbocycles. The predicted molar refractivity (Wildman–Crippen MR) is 133 cm³/mol. The molecule has 1 rings (SSSR count). The van der Waals surface area contributed by atoms with Crippen LogP contribution < -0.4 is 0 Å². The summed E-state index contributed by atoms with van der Waals surface area (Å²) in [6.45, 7) is 2.27. The smallest absolute Gasteiger partial charge is 0.310 e. The Labute approximate surface area is 197 Å². The molecule has 4 nitrogen and oxygen atoms in total. The van der Waals surface area contributed by atoms with E-state index in [1.165, 1.54) is 89.9 Å². The molecular weight excluding hydrogens is 400 g/mol. The van der Waals surface area contributed by atoms with E-state index >= 15 is 0 Å². The fourth-order valence-corrected chi connectivity index (χ4v) is 4.55. The van der Waals surface area contributed by atoms with E-state index in [1.807, 2.05) is 6.08 Å². The van der Waals surface area contributed by atoms with E-state index < -0.39 is 11.9 Å². The summed E-state index contributed by atoms with van der Waals surface area (Å²) in [5, 5.41) is 9.39. The summed E-state index contributed by atoms with van der Waals surface area (Å²) in [5.41, 5.74) is 0. The summed E-state index contributed by atoms with van der Waals surface area (Å²) in [4.78, 5) is 23.5. The molecule has 0 aliphatic heterocycles. The number of carboxylic acids is 1. The fourth-order valence-electron chi connectivity index (χ4n) is 4.55. The van der Waals surface area contributed by atoms with Gasteiger partial charge in [0.05, 0.1) is 12.3 Å². The fraction of sp³-hybridized carbons (Fsp3) is 0.857. The molecule has 0 aromatic carbocycles. The van der Waals surface area contributed by atoms with Crippen LogP contribution in [-0.4, -0.2) is 23.1 Å². The van der Waals surface area contributed by atoms with Gasteiger partial charge in [0, 0.05) is 0 Å². The molecule has 1 unspecified atom stereocenters. The minimum Gasteiger partial charge on any atom is -0.481 e. The quantitative estimate of drug-likeness (QED) is 0.115. The van der Waals surface area contributed by atoms with Gasteiger partial charge in [-0.2, -0.15) is 0 Å². The Kier molecular flexibility index (Phi) is 18.2. The SMILES string of the molecule is CCCCCCCCCCCCCCCCC=CC(CC(=O)OC1CCCCC1)C(=O)O. The highest BCUT2D eigenvalue weighted by atomic mass is 16.5. The van der Waals surface area contributed by atoms with E-state index in [4.69, 9.17) is 4.74 Å². The van der Waals surface area contributed by atoms with Gasteiger partial charge in [-0.1, -0.05) is 109 Å². The van der Waals surface area contributed by atoms with Crippen LogP contribution in [0, 0.1) is 5.92 Å². The first kappa shape index (κ1) is 28.7. The molecular formula is C28H50O4. The van der Waals surface area contributed by atoms with Crippen LogP contribution in [0.4, 0.5) is 0 Å². The Bertz CT molecular complexity index is 494. The summed E-state index contributed by atoms with van der Waals surface area (Å²) in [6.07, 6.45) is 28.4. The van der Waals surface area contributed by atoms with Crippen molar-refractivity contribution in [1.82, 2.24) is 0 Å². The average Bonchev–Trinajstić information content (AvgIpc) is 2.78. The molecule has 1 saturated carbocycles. The molecule has 32 heavy (non-hydrogen) atoms. The second kappa shape index (κ2) is 20.3. The number of hydrogen-bond donors (Lipinski definition) is 1. The van der Waals surface area contributed by atoms with Gasteiger partial charge in [0.1, 0.15) is 6.10 Å². The van der Waals surface area contributed by atoms with Crippen LogP contribution in [-0.2, 0) is 14.3 Å². The number of carboxylic acid groups (broad SMARTS) is 1. The molecule has 1 atom stereocenters. The van der Waals surface area contributed by atoms with Crippen molar-refractivity contribution in [1.29, 1.82) is 0 Å². The molecule has 0 bridgehead atoms. The number of carbonyl (C=O) groups excluding carboxylic acids is 1. The largest absolute Gasteiger partial charge is 0.481 e. The molecule has 1 fully saturated rings. The zero-order chi connectivity index (χ0) is 23.3. The molecule has 0 heterocycles. The van der Waals surface area contributed by atoms with Gasteiger partial charge in [-0.3, -0.25) is 9.59 Å². The molecule has 0 spiro atoms. The third-order valence-electron chi connectivity index (χ3n) is 6.65. The number of aliphatic carboxylic acids is 1. The zero-order valence-corrected chi connectivity index (χ0v) is 20.8. The van der Waals surface area contributed by atoms with Crippen LogP contribution in [0.5, 0.6) is 0 Å². The molecule has 1 aliphatic rings. The highest BCUT2D eigenvalue weighted by Crippen LogP contribution is 2.21. The molecule has 0 saturated heterocycles. The number of rotatable bonds is 20. The Morgan fingerprint density at radius 1 is 0.812 bits per heavy atom. The van der Waals surface area contributed by atoms with Crippen molar-refractivity contribution >= 4 is 11.9 Å². The van der Waals surface area contributed by atoms with Crippen LogP contribution in [0.15, 0.2) is 12.2 Å². The summed E-state index contributed by atoms with van der Waals surface area (Å²) in [5.74, 6) is -2.08. The van der Waals surface area contributed by atoms with E-state index in [-0.39, 0.29) is 18.5 Å². The monoisotopic (exact) mass is 450 g/mol. The topological polar surface area (TPSA) is 63.6 Å². The number of hydrogen-bond acceptors (Lipinski definition) is 3. The molecule has 4 heteroatoms. The van der Waals surface area contributed by atoms with Gasteiger partial charge in [0.15, 0.2) is 0 Å². The summed E-state index contributed by atoms with van der Waals surface area (Å²) < 4.78 is 5.47. The van der Waals surface area contributed by atoms with Gasteiger partial charge in [-0.25, -0.2) is 0 Å². The zero-order valence-electron chi connectivity index (χ0n) is 20.8. The van der Waals surface area contributed by atoms with Crippen molar-refractivity contribution in [3.63, 3.8) is 0 Å². The van der Waals surface area contributed by atoms with Gasteiger partial charge >= 0.3 is 11.9 Å². The normalized spacial score (nSPS) is 15.8. The van der Waals surface area contributed by atoms with E-state index in [2.05, 4.69) is 6.92 Å². The second-order valence-corrected chi connectivity index (χ2v) is 9.71. The van der Waals surface area contributed by atoms with E-state index in [1.54, 1.807) is 6.08 Å². The summed E-state index contributed by atoms with van der Waals surface area (Å²) >= 11 is 0. The lowest BCUT2D eigenvalue weighted by atomic mass is 9.97. The van der Waals surface area contributed by atoms with Crippen LogP contribution in [0.2, 0.25) is 0 Å². The van der Waals surface area contributed by atoms with Crippen molar-refractivity contribution in [2.75, 3.05) is 0 Å². The Balaban J connectivity index is 1.97. The second-order valence-electron chi connectivity index (χ2n) is 9.71. The lowest BCUT2D eigenvalue weighted by molar-refractivity contribution is -0.155. The molecule has 1 N–H and O–H groups in total. The van der Waals surface area contributed by atoms with Crippen LogP contribution in [0.3, 0.4) is 0 Å². The van der Waals surface area contributed by atoms with Gasteiger partial charge in [-0.05, 0) is 38.5 Å².